The first-order valence-corrected chi connectivity index (χ1v) is 7.94. The number of hydrogen-bond acceptors (Lipinski definition) is 4. The van der Waals surface area contributed by atoms with Crippen LogP contribution in [0, 0.1) is 5.92 Å². The van der Waals surface area contributed by atoms with E-state index in [-0.39, 0.29) is 16.6 Å². The van der Waals surface area contributed by atoms with Gasteiger partial charge in [0.25, 0.3) is 0 Å². The predicted octanol–water partition coefficient (Wildman–Crippen LogP) is 3.78. The summed E-state index contributed by atoms with van der Waals surface area (Å²) in [7, 11) is 0. The van der Waals surface area contributed by atoms with Crippen molar-refractivity contribution < 1.29 is 9.90 Å². The van der Waals surface area contributed by atoms with Gasteiger partial charge in [0.15, 0.2) is 0 Å². The summed E-state index contributed by atoms with van der Waals surface area (Å²) in [6, 6.07) is 0. The minimum atomic E-state index is -0.734. The molecule has 1 heterocycles. The molecule has 0 bridgehead atoms. The van der Waals surface area contributed by atoms with Gasteiger partial charge < -0.3 is 5.11 Å². The zero-order valence-corrected chi connectivity index (χ0v) is 13.2. The quantitative estimate of drug-likeness (QED) is 0.895. The number of nitrogens with zero attached hydrogens (tertiary/aromatic N) is 1. The van der Waals surface area contributed by atoms with Crippen molar-refractivity contribution in [2.75, 3.05) is 0 Å². The lowest BCUT2D eigenvalue weighted by Gasteiger charge is -2.15. The summed E-state index contributed by atoms with van der Waals surface area (Å²) < 4.78 is 0. The molecule has 1 atom stereocenters. The largest absolute Gasteiger partial charge is 0.480 e. The molecular formula is C13H21NO2S2. The molecule has 0 aliphatic rings. The predicted molar refractivity (Wildman–Crippen MR) is 78.4 cm³/mol. The summed E-state index contributed by atoms with van der Waals surface area (Å²) in [6.45, 7) is 10.3. The molecule has 0 saturated carbocycles. The van der Waals surface area contributed by atoms with Crippen molar-refractivity contribution in [3.63, 3.8) is 0 Å². The second-order valence-corrected chi connectivity index (χ2v) is 7.76. The van der Waals surface area contributed by atoms with E-state index in [1.807, 2.05) is 13.8 Å². The summed E-state index contributed by atoms with van der Waals surface area (Å²) in [4.78, 5) is 15.7. The maximum atomic E-state index is 11.1. The first-order chi connectivity index (χ1) is 8.21. The fourth-order valence-electron chi connectivity index (χ4n) is 1.43. The molecule has 0 saturated heterocycles. The first kappa shape index (κ1) is 15.5. The number of thioether (sulfide) groups is 1. The Labute approximate surface area is 117 Å². The highest BCUT2D eigenvalue weighted by atomic mass is 32.2. The van der Waals surface area contributed by atoms with Crippen LogP contribution >= 0.6 is 23.1 Å². The second kappa shape index (κ2) is 6.06. The Balaban J connectivity index is 2.63. The summed E-state index contributed by atoms with van der Waals surface area (Å²) in [6.07, 6.45) is 0. The van der Waals surface area contributed by atoms with E-state index < -0.39 is 5.97 Å². The van der Waals surface area contributed by atoms with Gasteiger partial charge in [0.05, 0.1) is 5.69 Å². The highest BCUT2D eigenvalue weighted by molar-refractivity contribution is 7.99. The van der Waals surface area contributed by atoms with Crippen molar-refractivity contribution in [1.29, 1.82) is 0 Å². The van der Waals surface area contributed by atoms with Gasteiger partial charge in [0, 0.05) is 16.5 Å². The Kier molecular flexibility index (Phi) is 5.22. The van der Waals surface area contributed by atoms with Crippen molar-refractivity contribution in [3.8, 4) is 0 Å². The van der Waals surface area contributed by atoms with E-state index in [1.54, 1.807) is 11.3 Å². The number of aromatic nitrogens is 1. The molecule has 0 aliphatic carbocycles. The van der Waals surface area contributed by atoms with Crippen LogP contribution in [-0.4, -0.2) is 21.3 Å². The number of carboxylic acid groups (broad SMARTS) is 1. The Morgan fingerprint density at radius 2 is 2.11 bits per heavy atom. The fourth-order valence-corrected chi connectivity index (χ4v) is 3.63. The monoisotopic (exact) mass is 287 g/mol. The zero-order chi connectivity index (χ0) is 13.9. The Morgan fingerprint density at radius 3 is 2.50 bits per heavy atom. The molecule has 3 nitrogen and oxygen atoms in total. The summed E-state index contributed by atoms with van der Waals surface area (Å²) >= 11 is 3.08. The van der Waals surface area contributed by atoms with E-state index in [2.05, 4.69) is 31.1 Å². The van der Waals surface area contributed by atoms with Gasteiger partial charge in [-0.3, -0.25) is 4.79 Å². The van der Waals surface area contributed by atoms with Gasteiger partial charge in [0.1, 0.15) is 10.3 Å². The van der Waals surface area contributed by atoms with Crippen molar-refractivity contribution in [2.24, 2.45) is 5.92 Å². The third-order valence-corrected chi connectivity index (χ3v) is 5.13. The molecule has 5 heteroatoms. The molecule has 1 unspecified atom stereocenters. The molecule has 0 radical (unpaired) electrons. The van der Waals surface area contributed by atoms with Crippen LogP contribution in [0.5, 0.6) is 0 Å². The van der Waals surface area contributed by atoms with Crippen molar-refractivity contribution in [2.45, 2.75) is 51.0 Å². The zero-order valence-electron chi connectivity index (χ0n) is 11.6. The molecule has 0 aliphatic heterocycles. The molecule has 0 fully saturated rings. The number of hydrogen-bond donors (Lipinski definition) is 1. The molecule has 1 rings (SSSR count). The first-order valence-electron chi connectivity index (χ1n) is 6.01. The maximum absolute atomic E-state index is 11.1. The topological polar surface area (TPSA) is 50.2 Å². The van der Waals surface area contributed by atoms with Crippen LogP contribution in [0.4, 0.5) is 0 Å². The third-order valence-electron chi connectivity index (χ3n) is 2.56. The van der Waals surface area contributed by atoms with Gasteiger partial charge in [-0.1, -0.05) is 34.6 Å². The maximum Gasteiger partial charge on any atom is 0.316 e. The van der Waals surface area contributed by atoms with Crippen molar-refractivity contribution in [3.05, 3.63) is 16.1 Å². The second-order valence-electron chi connectivity index (χ2n) is 5.69. The Bertz CT molecular complexity index is 407. The third kappa shape index (κ3) is 4.28. The lowest BCUT2D eigenvalue weighted by atomic mass is 9.93. The van der Waals surface area contributed by atoms with Crippen LogP contribution in [0.15, 0.2) is 5.38 Å². The Morgan fingerprint density at radius 1 is 1.50 bits per heavy atom. The van der Waals surface area contributed by atoms with Gasteiger partial charge in [-0.05, 0) is 5.92 Å². The van der Waals surface area contributed by atoms with Crippen molar-refractivity contribution >= 4 is 29.1 Å². The molecule has 0 spiro atoms. The SMILES string of the molecule is CC(C)C(SCc1nc(C(C)(C)C)cs1)C(=O)O. The minimum Gasteiger partial charge on any atom is -0.480 e. The van der Waals surface area contributed by atoms with Crippen LogP contribution < -0.4 is 0 Å². The van der Waals surface area contributed by atoms with Gasteiger partial charge in [-0.2, -0.15) is 0 Å². The van der Waals surface area contributed by atoms with Crippen LogP contribution in [-0.2, 0) is 16.0 Å². The van der Waals surface area contributed by atoms with Crippen LogP contribution in [0.1, 0.15) is 45.3 Å². The van der Waals surface area contributed by atoms with Crippen LogP contribution in [0.25, 0.3) is 0 Å². The van der Waals surface area contributed by atoms with E-state index in [4.69, 9.17) is 5.11 Å². The lowest BCUT2D eigenvalue weighted by Crippen LogP contribution is -2.22. The highest BCUT2D eigenvalue weighted by Gasteiger charge is 2.23. The highest BCUT2D eigenvalue weighted by Crippen LogP contribution is 2.28. The number of carbonyl (C=O) groups is 1. The fraction of sp³-hybridized carbons (Fsp3) is 0.692. The van der Waals surface area contributed by atoms with Gasteiger partial charge in [-0.25, -0.2) is 4.98 Å². The summed E-state index contributed by atoms with van der Waals surface area (Å²) in [5.74, 6) is 0.0766. The summed E-state index contributed by atoms with van der Waals surface area (Å²) in [5, 5.41) is 11.8. The molecule has 102 valence electrons. The molecule has 1 aromatic heterocycles. The lowest BCUT2D eigenvalue weighted by molar-refractivity contribution is -0.137. The molecule has 0 amide bonds. The van der Waals surface area contributed by atoms with Gasteiger partial charge in [-0.15, -0.1) is 23.1 Å². The van der Waals surface area contributed by atoms with E-state index in [0.717, 1.165) is 10.7 Å². The Hall–Kier alpha value is -0.550. The smallest absolute Gasteiger partial charge is 0.316 e. The van der Waals surface area contributed by atoms with Crippen LogP contribution in [0.2, 0.25) is 0 Å². The van der Waals surface area contributed by atoms with Crippen LogP contribution in [0.3, 0.4) is 0 Å². The number of rotatable bonds is 5. The molecule has 0 aromatic carbocycles. The molecular weight excluding hydrogens is 266 g/mol. The standard InChI is InChI=1S/C13H21NO2S2/c1-8(2)11(12(15)16)18-7-10-14-9(6-17-10)13(3,4)5/h6,8,11H,7H2,1-5H3,(H,15,16). The number of thiazole rings is 1. The summed E-state index contributed by atoms with van der Waals surface area (Å²) in [5.41, 5.74) is 1.14. The van der Waals surface area contributed by atoms with Crippen molar-refractivity contribution in [1.82, 2.24) is 4.98 Å². The molecule has 1 aromatic rings. The van der Waals surface area contributed by atoms with E-state index >= 15 is 0 Å². The van der Waals surface area contributed by atoms with E-state index in [1.165, 1.54) is 11.8 Å². The minimum absolute atomic E-state index is 0.0592. The molecule has 1 N–H and O–H groups in total. The average molecular weight is 287 g/mol. The average Bonchev–Trinajstić information content (AvgIpc) is 2.64. The van der Waals surface area contributed by atoms with E-state index in [9.17, 15) is 4.79 Å². The van der Waals surface area contributed by atoms with Gasteiger partial charge in [0.2, 0.25) is 0 Å². The number of carboxylic acids is 1. The number of aliphatic carboxylic acids is 1. The van der Waals surface area contributed by atoms with Gasteiger partial charge >= 0.3 is 5.97 Å². The normalized spacial score (nSPS) is 13.9. The van der Waals surface area contributed by atoms with E-state index in [0.29, 0.717) is 5.75 Å². The molecule has 18 heavy (non-hydrogen) atoms.